The highest BCUT2D eigenvalue weighted by atomic mass is 35.5. The predicted molar refractivity (Wildman–Crippen MR) is 75.9 cm³/mol. The zero-order valence-corrected chi connectivity index (χ0v) is 13.2. The number of nitrogens with zero attached hydrogens (tertiary/aromatic N) is 2. The molecule has 1 aliphatic heterocycles. The van der Waals surface area contributed by atoms with Gasteiger partial charge in [0.05, 0.1) is 0 Å². The summed E-state index contributed by atoms with van der Waals surface area (Å²) in [5.74, 6) is 0. The van der Waals surface area contributed by atoms with Gasteiger partial charge in [0.1, 0.15) is 4.90 Å². The van der Waals surface area contributed by atoms with Crippen LogP contribution in [0.2, 0.25) is 0 Å². The van der Waals surface area contributed by atoms with Crippen LogP contribution in [0.5, 0.6) is 0 Å². The van der Waals surface area contributed by atoms with Crippen molar-refractivity contribution in [1.29, 1.82) is 0 Å². The fourth-order valence-electron chi connectivity index (χ4n) is 1.86. The summed E-state index contributed by atoms with van der Waals surface area (Å²) in [6, 6.07) is 2.29. The third-order valence-electron chi connectivity index (χ3n) is 2.91. The molecular formula is C10H16ClN3O4S2. The van der Waals surface area contributed by atoms with Crippen molar-refractivity contribution in [2.75, 3.05) is 19.3 Å². The molecule has 2 N–H and O–H groups in total. The quantitative estimate of drug-likeness (QED) is 0.803. The first kappa shape index (κ1) is 17.3. The Hall–Kier alpha value is -0.740. The van der Waals surface area contributed by atoms with Gasteiger partial charge in [-0.2, -0.15) is 4.31 Å². The third kappa shape index (κ3) is 3.47. The Balaban J connectivity index is 0.00000200. The number of pyridine rings is 1. The molecule has 10 heteroatoms. The molecule has 1 aliphatic rings. The minimum atomic E-state index is -3.64. The molecule has 0 spiro atoms. The molecule has 0 amide bonds. The van der Waals surface area contributed by atoms with E-state index in [1.54, 1.807) is 0 Å². The summed E-state index contributed by atoms with van der Waals surface area (Å²) in [6.45, 7) is 0.646. The number of hydrogen-bond donors (Lipinski definition) is 1. The zero-order valence-electron chi connectivity index (χ0n) is 10.8. The molecule has 2 heterocycles. The lowest BCUT2D eigenvalue weighted by atomic mass is 10.3. The summed E-state index contributed by atoms with van der Waals surface area (Å²) in [5.41, 5.74) is 5.68. The first-order chi connectivity index (χ1) is 8.71. The van der Waals surface area contributed by atoms with Crippen molar-refractivity contribution in [2.24, 2.45) is 5.73 Å². The fraction of sp³-hybridized carbons (Fsp3) is 0.500. The second-order valence-electron chi connectivity index (χ2n) is 4.52. The van der Waals surface area contributed by atoms with Crippen LogP contribution in [-0.2, 0) is 19.9 Å². The summed E-state index contributed by atoms with van der Waals surface area (Å²) in [7, 11) is -7.07. The van der Waals surface area contributed by atoms with Crippen LogP contribution < -0.4 is 5.73 Å². The van der Waals surface area contributed by atoms with Gasteiger partial charge in [-0.1, -0.05) is 0 Å². The number of sulfone groups is 1. The second kappa shape index (κ2) is 5.94. The highest BCUT2D eigenvalue weighted by molar-refractivity contribution is 7.90. The molecule has 0 aliphatic carbocycles. The van der Waals surface area contributed by atoms with Crippen molar-refractivity contribution in [3.05, 3.63) is 18.3 Å². The Labute approximate surface area is 124 Å². The van der Waals surface area contributed by atoms with Crippen LogP contribution in [0.1, 0.15) is 6.42 Å². The molecule has 0 radical (unpaired) electrons. The maximum atomic E-state index is 12.2. The van der Waals surface area contributed by atoms with Crippen molar-refractivity contribution in [3.63, 3.8) is 0 Å². The van der Waals surface area contributed by atoms with E-state index >= 15 is 0 Å². The van der Waals surface area contributed by atoms with Crippen molar-refractivity contribution in [1.82, 2.24) is 9.29 Å². The minimum absolute atomic E-state index is 0. The Kier molecular flexibility index (Phi) is 5.14. The molecule has 1 aromatic heterocycles. The van der Waals surface area contributed by atoms with Crippen LogP contribution in [-0.4, -0.2) is 51.5 Å². The van der Waals surface area contributed by atoms with Gasteiger partial charge in [0, 0.05) is 31.6 Å². The van der Waals surface area contributed by atoms with Gasteiger partial charge in [0.25, 0.3) is 0 Å². The molecular weight excluding hydrogens is 326 g/mol. The fourth-order valence-corrected chi connectivity index (χ4v) is 3.88. The van der Waals surface area contributed by atoms with Gasteiger partial charge in [-0.3, -0.25) is 0 Å². The van der Waals surface area contributed by atoms with E-state index in [2.05, 4.69) is 4.98 Å². The topological polar surface area (TPSA) is 110 Å². The lowest BCUT2D eigenvalue weighted by Gasteiger charge is -2.15. The van der Waals surface area contributed by atoms with Crippen LogP contribution in [0.4, 0.5) is 0 Å². The maximum Gasteiger partial charge on any atom is 0.244 e. The molecule has 1 aromatic rings. The highest BCUT2D eigenvalue weighted by Crippen LogP contribution is 2.20. The van der Waals surface area contributed by atoms with E-state index in [4.69, 9.17) is 5.73 Å². The third-order valence-corrected chi connectivity index (χ3v) is 5.76. The van der Waals surface area contributed by atoms with Gasteiger partial charge >= 0.3 is 0 Å². The first-order valence-electron chi connectivity index (χ1n) is 5.63. The van der Waals surface area contributed by atoms with E-state index in [-0.39, 0.29) is 34.9 Å². The number of aromatic nitrogens is 1. The van der Waals surface area contributed by atoms with Crippen molar-refractivity contribution in [2.45, 2.75) is 22.4 Å². The molecule has 0 bridgehead atoms. The molecule has 1 fully saturated rings. The Morgan fingerprint density at radius 1 is 1.30 bits per heavy atom. The van der Waals surface area contributed by atoms with Crippen molar-refractivity contribution >= 4 is 32.3 Å². The van der Waals surface area contributed by atoms with Crippen molar-refractivity contribution < 1.29 is 16.8 Å². The lowest BCUT2D eigenvalue weighted by molar-refractivity contribution is 0.472. The van der Waals surface area contributed by atoms with Crippen LogP contribution in [0.3, 0.4) is 0 Å². The number of rotatable bonds is 3. The molecule has 2 rings (SSSR count). The maximum absolute atomic E-state index is 12.2. The van der Waals surface area contributed by atoms with Crippen LogP contribution in [0.25, 0.3) is 0 Å². The van der Waals surface area contributed by atoms with Crippen LogP contribution in [0, 0.1) is 0 Å². The Morgan fingerprint density at radius 2 is 1.95 bits per heavy atom. The summed E-state index contributed by atoms with van der Waals surface area (Å²) in [5, 5.41) is -0.149. The summed E-state index contributed by atoms with van der Waals surface area (Å²) in [4.78, 5) is 3.66. The predicted octanol–water partition coefficient (Wildman–Crippen LogP) is -0.371. The van der Waals surface area contributed by atoms with E-state index in [9.17, 15) is 16.8 Å². The molecule has 1 atom stereocenters. The van der Waals surface area contributed by atoms with Crippen molar-refractivity contribution in [3.8, 4) is 0 Å². The second-order valence-corrected chi connectivity index (χ2v) is 8.42. The summed E-state index contributed by atoms with van der Waals surface area (Å²) >= 11 is 0. The van der Waals surface area contributed by atoms with E-state index < -0.39 is 19.9 Å². The van der Waals surface area contributed by atoms with E-state index in [0.29, 0.717) is 13.0 Å². The largest absolute Gasteiger partial charge is 0.326 e. The van der Waals surface area contributed by atoms with E-state index in [1.165, 1.54) is 16.4 Å². The summed E-state index contributed by atoms with van der Waals surface area (Å²) in [6.07, 6.45) is 2.70. The first-order valence-corrected chi connectivity index (χ1v) is 8.96. The monoisotopic (exact) mass is 341 g/mol. The van der Waals surface area contributed by atoms with Gasteiger partial charge in [0.2, 0.25) is 10.0 Å². The molecule has 1 unspecified atom stereocenters. The molecule has 7 nitrogen and oxygen atoms in total. The zero-order chi connectivity index (χ0) is 14.3. The average molecular weight is 342 g/mol. The smallest absolute Gasteiger partial charge is 0.244 e. The van der Waals surface area contributed by atoms with Gasteiger partial charge in [0.15, 0.2) is 14.9 Å². The molecule has 20 heavy (non-hydrogen) atoms. The number of nitrogens with two attached hydrogens (primary N) is 1. The Morgan fingerprint density at radius 3 is 2.35 bits per heavy atom. The minimum Gasteiger partial charge on any atom is -0.326 e. The van der Waals surface area contributed by atoms with Gasteiger partial charge < -0.3 is 5.73 Å². The number of sulfonamides is 1. The Bertz CT molecular complexity index is 673. The standard InChI is InChI=1S/C10H15N3O4S2.ClH/c1-18(14,15)10-3-2-9(6-12-10)19(16,17)13-5-4-8(11)7-13;/h2-3,6,8H,4-5,7,11H2,1H3;1H. The van der Waals surface area contributed by atoms with E-state index in [1.807, 2.05) is 0 Å². The molecule has 0 aromatic carbocycles. The van der Waals surface area contributed by atoms with Gasteiger partial charge in [-0.25, -0.2) is 21.8 Å². The average Bonchev–Trinajstić information content (AvgIpc) is 2.76. The number of halogens is 1. The molecule has 114 valence electrons. The highest BCUT2D eigenvalue weighted by Gasteiger charge is 2.31. The van der Waals surface area contributed by atoms with E-state index in [0.717, 1.165) is 12.5 Å². The van der Waals surface area contributed by atoms with Gasteiger partial charge in [-0.15, -0.1) is 12.4 Å². The SMILES string of the molecule is CS(=O)(=O)c1ccc(S(=O)(=O)N2CCC(N)C2)cn1.Cl. The van der Waals surface area contributed by atoms with Gasteiger partial charge in [-0.05, 0) is 18.6 Å². The normalized spacial score (nSPS) is 20.6. The van der Waals surface area contributed by atoms with Crippen LogP contribution >= 0.6 is 12.4 Å². The molecule has 1 saturated heterocycles. The molecule has 0 saturated carbocycles. The van der Waals surface area contributed by atoms with Crippen LogP contribution in [0.15, 0.2) is 28.3 Å². The lowest BCUT2D eigenvalue weighted by Crippen LogP contribution is -2.32. The summed E-state index contributed by atoms with van der Waals surface area (Å²) < 4.78 is 48.2. The number of hydrogen-bond acceptors (Lipinski definition) is 6.